The smallest absolute Gasteiger partial charge is 0.328 e. The van der Waals surface area contributed by atoms with Crippen molar-refractivity contribution >= 4 is 6.03 Å². The lowest BCUT2D eigenvalue weighted by atomic mass is 9.95. The second-order valence-electron chi connectivity index (χ2n) is 10.5. The van der Waals surface area contributed by atoms with Crippen molar-refractivity contribution in [3.8, 4) is 28.8 Å². The minimum Gasteiger partial charge on any atom is -0.328 e. The van der Waals surface area contributed by atoms with E-state index in [9.17, 15) is 28.0 Å². The average Bonchev–Trinajstić information content (AvgIpc) is 3.54. The molecule has 0 aliphatic rings. The summed E-state index contributed by atoms with van der Waals surface area (Å²) < 4.78 is 46.1. The summed E-state index contributed by atoms with van der Waals surface area (Å²) in [6.07, 6.45) is 0.493. The third kappa shape index (κ3) is 5.44. The van der Waals surface area contributed by atoms with Crippen LogP contribution in [0.25, 0.3) is 22.8 Å². The summed E-state index contributed by atoms with van der Waals surface area (Å²) in [5.74, 6) is 0. The Bertz CT molecular complexity index is 1920. The number of imidazole rings is 1. The molecule has 1 amide bonds. The van der Waals surface area contributed by atoms with Gasteiger partial charge in [-0.25, -0.2) is 23.4 Å². The van der Waals surface area contributed by atoms with Gasteiger partial charge in [-0.3, -0.25) is 4.57 Å². The minimum atomic E-state index is -4.64. The van der Waals surface area contributed by atoms with E-state index in [1.54, 1.807) is 51.1 Å². The molecule has 0 atom stereocenters. The molecule has 0 spiro atoms. The molecule has 43 heavy (non-hydrogen) atoms. The van der Waals surface area contributed by atoms with E-state index >= 15 is 0 Å². The fraction of sp³-hybridized carbons (Fsp3) is 0.194. The van der Waals surface area contributed by atoms with Crippen molar-refractivity contribution < 1.29 is 22.5 Å². The zero-order valence-electron chi connectivity index (χ0n) is 23.7. The Morgan fingerprint density at radius 2 is 1.65 bits per heavy atom. The highest BCUT2D eigenvalue weighted by Gasteiger charge is 2.33. The van der Waals surface area contributed by atoms with Gasteiger partial charge in [0, 0.05) is 12.1 Å². The maximum Gasteiger partial charge on any atom is 0.416 e. The molecule has 0 fully saturated rings. The first kappa shape index (κ1) is 29.1. The van der Waals surface area contributed by atoms with Gasteiger partial charge < -0.3 is 5.32 Å². The lowest BCUT2D eigenvalue weighted by molar-refractivity contribution is -0.671. The molecule has 0 aliphatic heterocycles. The molecule has 2 aromatic carbocycles. The predicted molar refractivity (Wildman–Crippen MR) is 152 cm³/mol. The van der Waals surface area contributed by atoms with Crippen molar-refractivity contribution in [1.82, 2.24) is 24.2 Å². The number of carbonyl (C=O) groups excluding carboxylic acids is 1. The van der Waals surface area contributed by atoms with Gasteiger partial charge in [-0.1, -0.05) is 6.07 Å². The standard InChI is InChI=1S/C31H26F3N7O2/c1-20-27(26-12-15-36-41(26)24-10-8-21(19-35)9-11-24)40(28(42)37-30(2,3)22-13-16-38(4)17-14-22)29(43)39(20)25-7-5-6-23(18-25)31(32,33)34/h5-18H,1-4H3/p+1. The van der Waals surface area contributed by atoms with Crippen LogP contribution in [-0.2, 0) is 18.8 Å². The van der Waals surface area contributed by atoms with E-state index in [0.717, 1.165) is 26.8 Å². The van der Waals surface area contributed by atoms with Crippen LogP contribution in [0.1, 0.15) is 36.2 Å². The second-order valence-corrected chi connectivity index (χ2v) is 10.5. The maximum absolute atomic E-state index is 14.0. The van der Waals surface area contributed by atoms with E-state index in [1.165, 1.54) is 23.0 Å². The molecule has 0 saturated carbocycles. The molecule has 0 saturated heterocycles. The summed E-state index contributed by atoms with van der Waals surface area (Å²) in [4.78, 5) is 28.0. The molecular formula is C31H27F3N7O2+. The molecular weight excluding hydrogens is 559 g/mol. The number of aromatic nitrogens is 5. The van der Waals surface area contributed by atoms with Gasteiger partial charge in [0.05, 0.1) is 51.7 Å². The van der Waals surface area contributed by atoms with Crippen LogP contribution in [0.5, 0.6) is 0 Å². The first-order chi connectivity index (χ1) is 20.3. The number of hydrogen-bond donors (Lipinski definition) is 1. The molecule has 1 N–H and O–H groups in total. The fourth-order valence-corrected chi connectivity index (χ4v) is 4.90. The molecule has 3 aromatic heterocycles. The van der Waals surface area contributed by atoms with Crippen LogP contribution in [-0.4, -0.2) is 24.9 Å². The molecule has 5 aromatic rings. The number of carbonyl (C=O) groups is 1. The number of halogens is 3. The first-order valence-corrected chi connectivity index (χ1v) is 13.2. The number of alkyl halides is 3. The summed E-state index contributed by atoms with van der Waals surface area (Å²) in [6.45, 7) is 5.12. The number of pyridine rings is 1. The molecule has 9 nitrogen and oxygen atoms in total. The number of nitrogens with one attached hydrogen (secondary N) is 1. The topological polar surface area (TPSA) is 102 Å². The van der Waals surface area contributed by atoms with E-state index in [0.29, 0.717) is 16.9 Å². The van der Waals surface area contributed by atoms with Gasteiger partial charge in [-0.2, -0.15) is 23.5 Å². The van der Waals surface area contributed by atoms with Crippen LogP contribution in [0.15, 0.2) is 90.1 Å². The third-order valence-electron chi connectivity index (χ3n) is 7.16. The van der Waals surface area contributed by atoms with Crippen LogP contribution < -0.4 is 15.6 Å². The lowest BCUT2D eigenvalue weighted by Gasteiger charge is -2.26. The van der Waals surface area contributed by atoms with Crippen molar-refractivity contribution in [2.24, 2.45) is 7.05 Å². The summed E-state index contributed by atoms with van der Waals surface area (Å²) >= 11 is 0. The molecule has 12 heteroatoms. The summed E-state index contributed by atoms with van der Waals surface area (Å²) in [5, 5.41) is 16.5. The van der Waals surface area contributed by atoms with Gasteiger partial charge in [0.25, 0.3) is 0 Å². The van der Waals surface area contributed by atoms with Crippen LogP contribution in [0.4, 0.5) is 18.0 Å². The number of benzene rings is 2. The molecule has 5 rings (SSSR count). The number of hydrogen-bond acceptors (Lipinski definition) is 4. The number of nitriles is 1. The average molecular weight is 587 g/mol. The van der Waals surface area contributed by atoms with Gasteiger partial charge in [-0.05, 0) is 74.9 Å². The van der Waals surface area contributed by atoms with E-state index in [2.05, 4.69) is 10.4 Å². The van der Waals surface area contributed by atoms with Crippen LogP contribution in [0.3, 0.4) is 0 Å². The summed E-state index contributed by atoms with van der Waals surface area (Å²) in [7, 11) is 1.86. The van der Waals surface area contributed by atoms with Gasteiger partial charge in [0.1, 0.15) is 12.7 Å². The quantitative estimate of drug-likeness (QED) is 0.293. The lowest BCUT2D eigenvalue weighted by Crippen LogP contribution is -2.46. The van der Waals surface area contributed by atoms with Crippen molar-refractivity contribution in [3.05, 3.63) is 118 Å². The molecule has 0 unspecified atom stereocenters. The van der Waals surface area contributed by atoms with E-state index in [4.69, 9.17) is 0 Å². The second kappa shape index (κ2) is 10.8. The molecule has 3 heterocycles. The largest absolute Gasteiger partial charge is 0.416 e. The normalized spacial score (nSPS) is 11.8. The highest BCUT2D eigenvalue weighted by Crippen LogP contribution is 2.32. The number of amides is 1. The number of rotatable bonds is 5. The SMILES string of the molecule is Cc1c(-c2ccnn2-c2ccc(C#N)cc2)n(C(=O)NC(C)(C)c2cc[n+](C)cc2)c(=O)n1-c1cccc(C(F)(F)F)c1. The third-order valence-corrected chi connectivity index (χ3v) is 7.16. The van der Waals surface area contributed by atoms with Crippen LogP contribution in [0, 0.1) is 18.3 Å². The van der Waals surface area contributed by atoms with Crippen molar-refractivity contribution in [2.45, 2.75) is 32.5 Å². The fourth-order valence-electron chi connectivity index (χ4n) is 4.90. The highest BCUT2D eigenvalue weighted by molar-refractivity contribution is 5.84. The van der Waals surface area contributed by atoms with Crippen LogP contribution >= 0.6 is 0 Å². The van der Waals surface area contributed by atoms with E-state index < -0.39 is 29.0 Å². The van der Waals surface area contributed by atoms with Crippen molar-refractivity contribution in [1.29, 1.82) is 5.26 Å². The van der Waals surface area contributed by atoms with Gasteiger partial charge in [0.2, 0.25) is 0 Å². The van der Waals surface area contributed by atoms with E-state index in [1.807, 2.05) is 42.2 Å². The number of aryl methyl sites for hydroxylation is 1. The van der Waals surface area contributed by atoms with Crippen molar-refractivity contribution in [3.63, 3.8) is 0 Å². The Hall–Kier alpha value is -5.44. The Kier molecular flexibility index (Phi) is 7.27. The monoisotopic (exact) mass is 586 g/mol. The zero-order valence-corrected chi connectivity index (χ0v) is 23.7. The Morgan fingerprint density at radius 3 is 2.28 bits per heavy atom. The molecule has 0 bridgehead atoms. The Morgan fingerprint density at radius 1 is 0.977 bits per heavy atom. The zero-order chi connectivity index (χ0) is 31.1. The maximum atomic E-state index is 14.0. The molecule has 0 aliphatic carbocycles. The summed E-state index contributed by atoms with van der Waals surface area (Å²) in [5.41, 5.74) is -0.333. The van der Waals surface area contributed by atoms with Crippen molar-refractivity contribution in [2.75, 3.05) is 0 Å². The summed E-state index contributed by atoms with van der Waals surface area (Å²) in [6, 6.07) is 17.4. The number of nitrogens with zero attached hydrogens (tertiary/aromatic N) is 6. The molecule has 218 valence electrons. The van der Waals surface area contributed by atoms with Crippen LogP contribution in [0.2, 0.25) is 0 Å². The molecule has 0 radical (unpaired) electrons. The predicted octanol–water partition coefficient (Wildman–Crippen LogP) is 5.01. The van der Waals surface area contributed by atoms with E-state index in [-0.39, 0.29) is 17.1 Å². The van der Waals surface area contributed by atoms with Gasteiger partial charge >= 0.3 is 17.9 Å². The van der Waals surface area contributed by atoms with Gasteiger partial charge in [0.15, 0.2) is 12.4 Å². The van der Waals surface area contributed by atoms with Gasteiger partial charge in [-0.15, -0.1) is 0 Å². The Balaban J connectivity index is 1.71. The highest BCUT2D eigenvalue weighted by atomic mass is 19.4. The minimum absolute atomic E-state index is 0.0515. The first-order valence-electron chi connectivity index (χ1n) is 13.2. The Labute approximate surface area is 244 Å².